The molecule has 0 bridgehead atoms. The standard InChI is InChI=1S/C16H23N3S/c1-11(2)17-10-15-13(4)18-16(20-15)19(5)14-8-6-12(3)7-9-14/h6-9,11,17H,10H2,1-5H3. The highest BCUT2D eigenvalue weighted by atomic mass is 32.1. The van der Waals surface area contributed by atoms with Gasteiger partial charge in [0.05, 0.1) is 5.69 Å². The Balaban J connectivity index is 2.16. The fraction of sp³-hybridized carbons (Fsp3) is 0.438. The SMILES string of the molecule is Cc1ccc(N(C)c2nc(C)c(CNC(C)C)s2)cc1. The van der Waals surface area contributed by atoms with Crippen LogP contribution in [0, 0.1) is 13.8 Å². The van der Waals surface area contributed by atoms with Crippen LogP contribution in [-0.2, 0) is 6.54 Å². The molecule has 4 heteroatoms. The first-order chi connectivity index (χ1) is 9.47. The number of hydrogen-bond acceptors (Lipinski definition) is 4. The molecule has 0 saturated heterocycles. The zero-order chi connectivity index (χ0) is 14.7. The van der Waals surface area contributed by atoms with Crippen LogP contribution in [0.4, 0.5) is 10.8 Å². The van der Waals surface area contributed by atoms with Crippen molar-refractivity contribution in [2.45, 2.75) is 40.3 Å². The predicted molar refractivity (Wildman–Crippen MR) is 88.1 cm³/mol. The third-order valence-electron chi connectivity index (χ3n) is 3.26. The first-order valence-electron chi connectivity index (χ1n) is 6.97. The van der Waals surface area contributed by atoms with Crippen molar-refractivity contribution in [3.63, 3.8) is 0 Å². The highest BCUT2D eigenvalue weighted by Gasteiger charge is 2.12. The number of aryl methyl sites for hydroxylation is 2. The van der Waals surface area contributed by atoms with E-state index in [0.29, 0.717) is 6.04 Å². The van der Waals surface area contributed by atoms with Crippen molar-refractivity contribution in [2.75, 3.05) is 11.9 Å². The molecule has 0 aliphatic rings. The van der Waals surface area contributed by atoms with Gasteiger partial charge in [0, 0.05) is 30.2 Å². The second kappa shape index (κ2) is 6.37. The van der Waals surface area contributed by atoms with Gasteiger partial charge in [-0.25, -0.2) is 4.98 Å². The van der Waals surface area contributed by atoms with Crippen molar-refractivity contribution in [1.82, 2.24) is 10.3 Å². The van der Waals surface area contributed by atoms with Crippen molar-refractivity contribution < 1.29 is 0 Å². The van der Waals surface area contributed by atoms with E-state index in [1.54, 1.807) is 11.3 Å². The lowest BCUT2D eigenvalue weighted by atomic mass is 10.2. The van der Waals surface area contributed by atoms with E-state index in [9.17, 15) is 0 Å². The lowest BCUT2D eigenvalue weighted by Crippen LogP contribution is -2.21. The summed E-state index contributed by atoms with van der Waals surface area (Å²) in [6.07, 6.45) is 0. The number of thiazole rings is 1. The number of nitrogens with one attached hydrogen (secondary N) is 1. The lowest BCUT2D eigenvalue weighted by molar-refractivity contribution is 0.591. The maximum absolute atomic E-state index is 4.69. The molecule has 2 rings (SSSR count). The van der Waals surface area contributed by atoms with E-state index >= 15 is 0 Å². The zero-order valence-electron chi connectivity index (χ0n) is 12.9. The summed E-state index contributed by atoms with van der Waals surface area (Å²) in [4.78, 5) is 8.15. The van der Waals surface area contributed by atoms with Gasteiger partial charge in [-0.05, 0) is 26.0 Å². The molecule has 1 aromatic heterocycles. The fourth-order valence-electron chi connectivity index (χ4n) is 1.90. The number of nitrogens with zero attached hydrogens (tertiary/aromatic N) is 2. The third kappa shape index (κ3) is 3.58. The van der Waals surface area contributed by atoms with Gasteiger partial charge in [0.25, 0.3) is 0 Å². The van der Waals surface area contributed by atoms with Gasteiger partial charge in [-0.15, -0.1) is 0 Å². The van der Waals surface area contributed by atoms with Crippen LogP contribution in [0.15, 0.2) is 24.3 Å². The summed E-state index contributed by atoms with van der Waals surface area (Å²) in [5.41, 5.74) is 3.57. The minimum atomic E-state index is 0.495. The Hall–Kier alpha value is -1.39. The van der Waals surface area contributed by atoms with Gasteiger partial charge in [0.2, 0.25) is 0 Å². The maximum atomic E-state index is 4.69. The summed E-state index contributed by atoms with van der Waals surface area (Å²) in [5.74, 6) is 0. The van der Waals surface area contributed by atoms with E-state index in [1.807, 2.05) is 0 Å². The molecule has 0 atom stereocenters. The molecule has 0 aliphatic heterocycles. The Morgan fingerprint density at radius 2 is 1.85 bits per heavy atom. The zero-order valence-corrected chi connectivity index (χ0v) is 13.7. The monoisotopic (exact) mass is 289 g/mol. The molecule has 0 fully saturated rings. The highest BCUT2D eigenvalue weighted by molar-refractivity contribution is 7.15. The number of rotatable bonds is 5. The molecule has 1 aromatic carbocycles. The Labute approximate surface area is 125 Å². The van der Waals surface area contributed by atoms with Gasteiger partial charge < -0.3 is 10.2 Å². The molecule has 108 valence electrons. The number of hydrogen-bond donors (Lipinski definition) is 1. The summed E-state index contributed by atoms with van der Waals surface area (Å²) in [6.45, 7) is 9.40. The van der Waals surface area contributed by atoms with E-state index < -0.39 is 0 Å². The fourth-order valence-corrected chi connectivity index (χ4v) is 2.89. The van der Waals surface area contributed by atoms with E-state index in [1.165, 1.54) is 16.1 Å². The van der Waals surface area contributed by atoms with Crippen molar-refractivity contribution in [1.29, 1.82) is 0 Å². The van der Waals surface area contributed by atoms with Gasteiger partial charge in [-0.1, -0.05) is 42.9 Å². The van der Waals surface area contributed by atoms with E-state index in [-0.39, 0.29) is 0 Å². The highest BCUT2D eigenvalue weighted by Crippen LogP contribution is 2.30. The second-order valence-electron chi connectivity index (χ2n) is 5.44. The molecule has 0 saturated carbocycles. The summed E-state index contributed by atoms with van der Waals surface area (Å²) >= 11 is 1.76. The minimum Gasteiger partial charge on any atom is -0.321 e. The van der Waals surface area contributed by atoms with Gasteiger partial charge in [-0.3, -0.25) is 0 Å². The quantitative estimate of drug-likeness (QED) is 0.901. The first kappa shape index (κ1) is 15.0. The largest absolute Gasteiger partial charge is 0.321 e. The van der Waals surface area contributed by atoms with Crippen molar-refractivity contribution in [3.8, 4) is 0 Å². The van der Waals surface area contributed by atoms with E-state index in [4.69, 9.17) is 4.98 Å². The lowest BCUT2D eigenvalue weighted by Gasteiger charge is -2.15. The predicted octanol–water partition coefficient (Wildman–Crippen LogP) is 4.03. The van der Waals surface area contributed by atoms with Crippen molar-refractivity contribution >= 4 is 22.2 Å². The van der Waals surface area contributed by atoms with Crippen LogP contribution in [0.3, 0.4) is 0 Å². The van der Waals surface area contributed by atoms with Crippen LogP contribution in [0.1, 0.15) is 30.0 Å². The van der Waals surface area contributed by atoms with Gasteiger partial charge >= 0.3 is 0 Å². The van der Waals surface area contributed by atoms with E-state index in [0.717, 1.165) is 17.4 Å². The Kier molecular flexibility index (Phi) is 4.78. The molecule has 0 radical (unpaired) electrons. The average Bonchev–Trinajstić information content (AvgIpc) is 2.78. The van der Waals surface area contributed by atoms with Crippen molar-refractivity contribution in [2.24, 2.45) is 0 Å². The molecule has 1 heterocycles. The molecule has 0 spiro atoms. The Morgan fingerprint density at radius 3 is 2.45 bits per heavy atom. The van der Waals surface area contributed by atoms with Crippen LogP contribution < -0.4 is 10.2 Å². The Morgan fingerprint density at radius 1 is 1.20 bits per heavy atom. The molecular formula is C16H23N3S. The molecule has 3 nitrogen and oxygen atoms in total. The molecule has 0 unspecified atom stereocenters. The van der Waals surface area contributed by atoms with Crippen LogP contribution in [0.5, 0.6) is 0 Å². The normalized spacial score (nSPS) is 11.1. The second-order valence-corrected chi connectivity index (χ2v) is 6.50. The van der Waals surface area contributed by atoms with Gasteiger partial charge in [0.15, 0.2) is 5.13 Å². The minimum absolute atomic E-state index is 0.495. The third-order valence-corrected chi connectivity index (χ3v) is 4.49. The summed E-state index contributed by atoms with van der Waals surface area (Å²) < 4.78 is 0. The molecule has 2 aromatic rings. The average molecular weight is 289 g/mol. The van der Waals surface area contributed by atoms with Crippen molar-refractivity contribution in [3.05, 3.63) is 40.4 Å². The Bertz CT molecular complexity index is 558. The van der Waals surface area contributed by atoms with Crippen LogP contribution in [-0.4, -0.2) is 18.1 Å². The van der Waals surface area contributed by atoms with Gasteiger partial charge in [0.1, 0.15) is 0 Å². The van der Waals surface area contributed by atoms with Crippen LogP contribution in [0.25, 0.3) is 0 Å². The molecule has 0 amide bonds. The van der Waals surface area contributed by atoms with Crippen LogP contribution in [0.2, 0.25) is 0 Å². The summed E-state index contributed by atoms with van der Waals surface area (Å²) in [5, 5.41) is 4.50. The smallest absolute Gasteiger partial charge is 0.190 e. The topological polar surface area (TPSA) is 28.2 Å². The maximum Gasteiger partial charge on any atom is 0.190 e. The first-order valence-corrected chi connectivity index (χ1v) is 7.79. The van der Waals surface area contributed by atoms with Gasteiger partial charge in [-0.2, -0.15) is 0 Å². The number of aromatic nitrogens is 1. The number of anilines is 2. The van der Waals surface area contributed by atoms with E-state index in [2.05, 4.69) is 69.2 Å². The van der Waals surface area contributed by atoms with Crippen LogP contribution >= 0.6 is 11.3 Å². The molecular weight excluding hydrogens is 266 g/mol. The summed E-state index contributed by atoms with van der Waals surface area (Å²) in [6, 6.07) is 9.03. The number of benzene rings is 1. The molecule has 20 heavy (non-hydrogen) atoms. The summed E-state index contributed by atoms with van der Waals surface area (Å²) in [7, 11) is 2.07. The molecule has 1 N–H and O–H groups in total. The molecule has 0 aliphatic carbocycles.